The Hall–Kier alpha value is -1.69. The normalized spacial score (nSPS) is 21.9. The van der Waals surface area contributed by atoms with Crippen LogP contribution in [0.2, 0.25) is 0 Å². The fourth-order valence-electron chi connectivity index (χ4n) is 2.82. The zero-order valence-corrected chi connectivity index (χ0v) is 12.4. The van der Waals surface area contributed by atoms with Crippen LogP contribution >= 0.6 is 0 Å². The molecule has 2 rings (SSSR count). The van der Waals surface area contributed by atoms with E-state index in [1.54, 1.807) is 0 Å². The molecule has 0 radical (unpaired) electrons. The lowest BCUT2D eigenvalue weighted by Crippen LogP contribution is -2.28. The molecular formula is C15H23FN4O. The summed E-state index contributed by atoms with van der Waals surface area (Å²) in [4.78, 5) is 15.7. The number of pyridine rings is 1. The lowest BCUT2D eigenvalue weighted by molar-refractivity contribution is 0.0945. The van der Waals surface area contributed by atoms with Gasteiger partial charge in [-0.1, -0.05) is 32.6 Å². The van der Waals surface area contributed by atoms with E-state index in [0.717, 1.165) is 12.3 Å². The van der Waals surface area contributed by atoms with E-state index in [1.165, 1.54) is 37.9 Å². The van der Waals surface area contributed by atoms with E-state index >= 15 is 0 Å². The predicted octanol–water partition coefficient (Wildman–Crippen LogP) is 2.45. The number of rotatable bonds is 5. The van der Waals surface area contributed by atoms with Gasteiger partial charge in [-0.05, 0) is 24.3 Å². The number of halogens is 1. The number of aromatic nitrogens is 1. The summed E-state index contributed by atoms with van der Waals surface area (Å²) in [6, 6.07) is 1.35. The maximum Gasteiger partial charge on any atom is 0.254 e. The Morgan fingerprint density at radius 1 is 1.43 bits per heavy atom. The molecule has 4 N–H and O–H groups in total. The first-order valence-electron chi connectivity index (χ1n) is 7.51. The van der Waals surface area contributed by atoms with Crippen LogP contribution in [0.15, 0.2) is 12.3 Å². The van der Waals surface area contributed by atoms with Gasteiger partial charge in [0.2, 0.25) is 0 Å². The molecule has 1 aliphatic carbocycles. The SMILES string of the molecule is CC1CCC(CCNC(=O)c2ccnc(NN)c2F)CC1. The van der Waals surface area contributed by atoms with E-state index in [1.807, 2.05) is 0 Å². The van der Waals surface area contributed by atoms with Crippen LogP contribution in [0.25, 0.3) is 0 Å². The fourth-order valence-corrected chi connectivity index (χ4v) is 2.82. The summed E-state index contributed by atoms with van der Waals surface area (Å²) in [5.41, 5.74) is 2.10. The Morgan fingerprint density at radius 3 is 2.81 bits per heavy atom. The molecule has 1 aromatic heterocycles. The van der Waals surface area contributed by atoms with Gasteiger partial charge in [-0.15, -0.1) is 0 Å². The first-order valence-corrected chi connectivity index (χ1v) is 7.51. The predicted molar refractivity (Wildman–Crippen MR) is 80.1 cm³/mol. The lowest BCUT2D eigenvalue weighted by atomic mass is 9.81. The lowest BCUT2D eigenvalue weighted by Gasteiger charge is -2.26. The van der Waals surface area contributed by atoms with Gasteiger partial charge in [-0.3, -0.25) is 4.79 Å². The molecule has 21 heavy (non-hydrogen) atoms. The van der Waals surface area contributed by atoms with Gasteiger partial charge in [0.25, 0.3) is 5.91 Å². The second kappa shape index (κ2) is 7.36. The maximum atomic E-state index is 13.9. The van der Waals surface area contributed by atoms with Gasteiger partial charge in [0, 0.05) is 12.7 Å². The number of nitrogens with two attached hydrogens (primary N) is 1. The van der Waals surface area contributed by atoms with Crippen molar-refractivity contribution in [2.45, 2.75) is 39.0 Å². The molecule has 0 saturated heterocycles. The van der Waals surface area contributed by atoms with Crippen molar-refractivity contribution in [1.29, 1.82) is 0 Å². The molecule has 1 saturated carbocycles. The van der Waals surface area contributed by atoms with E-state index in [9.17, 15) is 9.18 Å². The van der Waals surface area contributed by atoms with E-state index in [-0.39, 0.29) is 11.4 Å². The van der Waals surface area contributed by atoms with Crippen LogP contribution < -0.4 is 16.6 Å². The van der Waals surface area contributed by atoms with Gasteiger partial charge in [0.15, 0.2) is 11.6 Å². The Balaban J connectivity index is 1.82. The van der Waals surface area contributed by atoms with Gasteiger partial charge in [0.05, 0.1) is 5.56 Å². The number of hydrazine groups is 1. The number of nitrogen functional groups attached to an aromatic ring is 1. The highest BCUT2D eigenvalue weighted by molar-refractivity contribution is 5.95. The molecule has 0 aromatic carbocycles. The first-order chi connectivity index (χ1) is 10.1. The van der Waals surface area contributed by atoms with E-state index in [2.05, 4.69) is 22.7 Å². The van der Waals surface area contributed by atoms with Crippen molar-refractivity contribution < 1.29 is 9.18 Å². The highest BCUT2D eigenvalue weighted by Gasteiger charge is 2.19. The summed E-state index contributed by atoms with van der Waals surface area (Å²) in [5, 5.41) is 2.77. The minimum atomic E-state index is -0.719. The molecule has 1 heterocycles. The van der Waals surface area contributed by atoms with Crippen molar-refractivity contribution in [2.75, 3.05) is 12.0 Å². The average molecular weight is 294 g/mol. The first kappa shape index (κ1) is 15.7. The third-order valence-electron chi connectivity index (χ3n) is 4.24. The van der Waals surface area contributed by atoms with Crippen LogP contribution in [0, 0.1) is 17.7 Å². The number of anilines is 1. The quantitative estimate of drug-likeness (QED) is 0.575. The van der Waals surface area contributed by atoms with Gasteiger partial charge < -0.3 is 10.7 Å². The fraction of sp³-hybridized carbons (Fsp3) is 0.600. The molecule has 0 atom stereocenters. The zero-order valence-electron chi connectivity index (χ0n) is 12.4. The molecule has 0 spiro atoms. The summed E-state index contributed by atoms with van der Waals surface area (Å²) < 4.78 is 13.9. The minimum Gasteiger partial charge on any atom is -0.352 e. The molecule has 0 aliphatic heterocycles. The molecule has 1 fully saturated rings. The minimum absolute atomic E-state index is 0.0322. The average Bonchev–Trinajstić information content (AvgIpc) is 2.49. The van der Waals surface area contributed by atoms with Crippen molar-refractivity contribution >= 4 is 11.7 Å². The molecule has 0 unspecified atom stereocenters. The number of nitrogens with one attached hydrogen (secondary N) is 2. The van der Waals surface area contributed by atoms with Crippen LogP contribution in [-0.2, 0) is 0 Å². The van der Waals surface area contributed by atoms with Gasteiger partial charge in [0.1, 0.15) is 0 Å². The Labute approximate surface area is 124 Å². The molecular weight excluding hydrogens is 271 g/mol. The van der Waals surface area contributed by atoms with Crippen LogP contribution in [0.4, 0.5) is 10.2 Å². The second-order valence-electron chi connectivity index (χ2n) is 5.84. The number of hydrogen-bond acceptors (Lipinski definition) is 4. The Kier molecular flexibility index (Phi) is 5.50. The molecule has 1 amide bonds. The van der Waals surface area contributed by atoms with E-state index in [4.69, 9.17) is 5.84 Å². The van der Waals surface area contributed by atoms with Crippen molar-refractivity contribution in [2.24, 2.45) is 17.7 Å². The third kappa shape index (κ3) is 4.14. The smallest absolute Gasteiger partial charge is 0.254 e. The number of nitrogens with zero attached hydrogens (tertiary/aromatic N) is 1. The molecule has 5 nitrogen and oxygen atoms in total. The summed E-state index contributed by atoms with van der Waals surface area (Å²) >= 11 is 0. The maximum absolute atomic E-state index is 13.9. The topological polar surface area (TPSA) is 80.0 Å². The highest BCUT2D eigenvalue weighted by Crippen LogP contribution is 2.29. The Bertz CT molecular complexity index is 487. The number of carbonyl (C=O) groups excluding carboxylic acids is 1. The largest absolute Gasteiger partial charge is 0.352 e. The monoisotopic (exact) mass is 294 g/mol. The standard InChI is InChI=1S/C15H23FN4O/c1-10-2-4-11(5-3-10)6-8-19-15(21)12-7-9-18-14(20-17)13(12)16/h7,9-11H,2-6,8,17H2,1H3,(H,18,20)(H,19,21). The van der Waals surface area contributed by atoms with Crippen LogP contribution in [0.5, 0.6) is 0 Å². The third-order valence-corrected chi connectivity index (χ3v) is 4.24. The highest BCUT2D eigenvalue weighted by atomic mass is 19.1. The van der Waals surface area contributed by atoms with Gasteiger partial charge in [-0.2, -0.15) is 0 Å². The zero-order chi connectivity index (χ0) is 15.2. The van der Waals surface area contributed by atoms with Crippen molar-refractivity contribution in [1.82, 2.24) is 10.3 Å². The number of hydrogen-bond donors (Lipinski definition) is 3. The summed E-state index contributed by atoms with van der Waals surface area (Å²) in [7, 11) is 0. The molecule has 1 aliphatic rings. The summed E-state index contributed by atoms with van der Waals surface area (Å²) in [6.45, 7) is 2.86. The van der Waals surface area contributed by atoms with Crippen LogP contribution in [0.3, 0.4) is 0 Å². The van der Waals surface area contributed by atoms with Crippen LogP contribution in [-0.4, -0.2) is 17.4 Å². The molecule has 116 valence electrons. The van der Waals surface area contributed by atoms with E-state index in [0.29, 0.717) is 12.5 Å². The number of carbonyl (C=O) groups is 1. The van der Waals surface area contributed by atoms with Crippen molar-refractivity contribution in [3.8, 4) is 0 Å². The molecule has 1 aromatic rings. The van der Waals surface area contributed by atoms with Crippen LogP contribution in [0.1, 0.15) is 49.4 Å². The molecule has 6 heteroatoms. The summed E-state index contributed by atoms with van der Waals surface area (Å²) in [5.74, 6) is 5.38. The Morgan fingerprint density at radius 2 is 2.14 bits per heavy atom. The van der Waals surface area contributed by atoms with Gasteiger partial charge >= 0.3 is 0 Å². The van der Waals surface area contributed by atoms with E-state index < -0.39 is 11.7 Å². The van der Waals surface area contributed by atoms with Crippen molar-refractivity contribution in [3.63, 3.8) is 0 Å². The van der Waals surface area contributed by atoms with Gasteiger partial charge in [-0.25, -0.2) is 15.2 Å². The molecule has 0 bridgehead atoms. The summed E-state index contributed by atoms with van der Waals surface area (Å²) in [6.07, 6.45) is 7.29. The second-order valence-corrected chi connectivity index (χ2v) is 5.84. The number of amides is 1. The van der Waals surface area contributed by atoms with Crippen molar-refractivity contribution in [3.05, 3.63) is 23.6 Å².